The third-order valence-corrected chi connectivity index (χ3v) is 3.33. The predicted molar refractivity (Wildman–Crippen MR) is 86.4 cm³/mol. The van der Waals surface area contributed by atoms with Gasteiger partial charge in [-0.3, -0.25) is 9.59 Å². The molecule has 0 saturated heterocycles. The number of carbonyl (C=O) groups excluding carboxylic acids is 2. The highest BCUT2D eigenvalue weighted by Crippen LogP contribution is 2.23. The summed E-state index contributed by atoms with van der Waals surface area (Å²) in [6.07, 6.45) is 0.426. The fourth-order valence-electron chi connectivity index (χ4n) is 1.85. The van der Waals surface area contributed by atoms with Gasteiger partial charge in [-0.05, 0) is 31.2 Å². The Morgan fingerprint density at radius 2 is 1.76 bits per heavy atom. The standard InChI is InChI=1S/C16H25N3O2/c1-5-15(20)18-13-8-7-9-14(12(13)4)19-16(21)11(3)10-17-6-2/h7-9,11,17H,5-6,10H2,1-4H3,(H,18,20)(H,19,21). The van der Waals surface area contributed by atoms with Gasteiger partial charge in [0.05, 0.1) is 0 Å². The third-order valence-electron chi connectivity index (χ3n) is 3.33. The Bertz CT molecular complexity index is 500. The number of anilines is 2. The van der Waals surface area contributed by atoms with Gasteiger partial charge >= 0.3 is 0 Å². The van der Waals surface area contributed by atoms with Crippen LogP contribution in [0.4, 0.5) is 11.4 Å². The second kappa shape index (κ2) is 8.42. The Morgan fingerprint density at radius 1 is 1.14 bits per heavy atom. The van der Waals surface area contributed by atoms with E-state index in [1.54, 1.807) is 6.92 Å². The second-order valence-electron chi connectivity index (χ2n) is 5.08. The molecule has 1 aromatic carbocycles. The molecule has 1 aromatic rings. The Hall–Kier alpha value is -1.88. The van der Waals surface area contributed by atoms with Gasteiger partial charge in [0.15, 0.2) is 0 Å². The lowest BCUT2D eigenvalue weighted by Crippen LogP contribution is -2.30. The Morgan fingerprint density at radius 3 is 2.33 bits per heavy atom. The highest BCUT2D eigenvalue weighted by atomic mass is 16.2. The van der Waals surface area contributed by atoms with E-state index in [4.69, 9.17) is 0 Å². The zero-order chi connectivity index (χ0) is 15.8. The van der Waals surface area contributed by atoms with Crippen LogP contribution in [-0.2, 0) is 9.59 Å². The molecule has 0 aromatic heterocycles. The number of carbonyl (C=O) groups is 2. The van der Waals surface area contributed by atoms with Crippen LogP contribution in [0, 0.1) is 12.8 Å². The lowest BCUT2D eigenvalue weighted by atomic mass is 10.1. The van der Waals surface area contributed by atoms with Crippen LogP contribution in [0.3, 0.4) is 0 Å². The first-order valence-electron chi connectivity index (χ1n) is 7.40. The first-order valence-corrected chi connectivity index (χ1v) is 7.40. The number of rotatable bonds is 7. The van der Waals surface area contributed by atoms with Crippen LogP contribution in [0.1, 0.15) is 32.8 Å². The van der Waals surface area contributed by atoms with Crippen LogP contribution in [0.15, 0.2) is 18.2 Å². The molecule has 3 N–H and O–H groups in total. The van der Waals surface area contributed by atoms with Gasteiger partial charge in [0.25, 0.3) is 0 Å². The molecule has 5 nitrogen and oxygen atoms in total. The van der Waals surface area contributed by atoms with E-state index in [1.165, 1.54) is 0 Å². The van der Waals surface area contributed by atoms with Crippen LogP contribution in [0.2, 0.25) is 0 Å². The van der Waals surface area contributed by atoms with E-state index in [9.17, 15) is 9.59 Å². The van der Waals surface area contributed by atoms with Gasteiger partial charge in [0.2, 0.25) is 11.8 Å². The molecule has 0 aliphatic heterocycles. The molecule has 0 spiro atoms. The van der Waals surface area contributed by atoms with Gasteiger partial charge in [-0.25, -0.2) is 0 Å². The quantitative estimate of drug-likeness (QED) is 0.723. The van der Waals surface area contributed by atoms with Crippen molar-refractivity contribution in [3.8, 4) is 0 Å². The summed E-state index contributed by atoms with van der Waals surface area (Å²) in [5.41, 5.74) is 2.33. The van der Waals surface area contributed by atoms with Crippen LogP contribution < -0.4 is 16.0 Å². The molecule has 0 radical (unpaired) electrons. The van der Waals surface area contributed by atoms with Gasteiger partial charge < -0.3 is 16.0 Å². The van der Waals surface area contributed by atoms with Crippen molar-refractivity contribution >= 4 is 23.2 Å². The number of hydrogen-bond acceptors (Lipinski definition) is 3. The van der Waals surface area contributed by atoms with Crippen molar-refractivity contribution in [2.75, 3.05) is 23.7 Å². The maximum atomic E-state index is 12.1. The molecular weight excluding hydrogens is 266 g/mol. The summed E-state index contributed by atoms with van der Waals surface area (Å²) in [7, 11) is 0. The maximum Gasteiger partial charge on any atom is 0.228 e. The lowest BCUT2D eigenvalue weighted by molar-refractivity contribution is -0.119. The van der Waals surface area contributed by atoms with E-state index in [0.717, 1.165) is 23.5 Å². The lowest BCUT2D eigenvalue weighted by Gasteiger charge is -2.16. The largest absolute Gasteiger partial charge is 0.326 e. The minimum atomic E-state index is -0.113. The molecule has 0 fully saturated rings. The molecule has 0 aliphatic rings. The van der Waals surface area contributed by atoms with Crippen molar-refractivity contribution in [2.45, 2.75) is 34.1 Å². The van der Waals surface area contributed by atoms with Gasteiger partial charge in [-0.2, -0.15) is 0 Å². The van der Waals surface area contributed by atoms with Crippen molar-refractivity contribution in [1.82, 2.24) is 5.32 Å². The topological polar surface area (TPSA) is 70.2 Å². The van der Waals surface area contributed by atoms with Crippen molar-refractivity contribution in [3.63, 3.8) is 0 Å². The van der Waals surface area contributed by atoms with Crippen molar-refractivity contribution in [3.05, 3.63) is 23.8 Å². The van der Waals surface area contributed by atoms with Crippen LogP contribution >= 0.6 is 0 Å². The molecule has 1 unspecified atom stereocenters. The van der Waals surface area contributed by atoms with E-state index in [0.29, 0.717) is 13.0 Å². The first kappa shape index (κ1) is 17.2. The molecule has 0 bridgehead atoms. The SMILES string of the molecule is CCNCC(C)C(=O)Nc1cccc(NC(=O)CC)c1C. The van der Waals surface area contributed by atoms with Crippen LogP contribution in [0.25, 0.3) is 0 Å². The van der Waals surface area contributed by atoms with E-state index in [-0.39, 0.29) is 17.7 Å². The van der Waals surface area contributed by atoms with Crippen molar-refractivity contribution < 1.29 is 9.59 Å². The third kappa shape index (κ3) is 5.19. The molecule has 0 heterocycles. The zero-order valence-electron chi connectivity index (χ0n) is 13.2. The minimum absolute atomic E-state index is 0.0296. The number of benzene rings is 1. The van der Waals surface area contributed by atoms with Gasteiger partial charge in [0.1, 0.15) is 0 Å². The van der Waals surface area contributed by atoms with E-state index < -0.39 is 0 Å². The molecular formula is C16H25N3O2. The summed E-state index contributed by atoms with van der Waals surface area (Å²) in [5, 5.41) is 8.91. The van der Waals surface area contributed by atoms with Crippen LogP contribution in [-0.4, -0.2) is 24.9 Å². The normalized spacial score (nSPS) is 11.8. The number of hydrogen-bond donors (Lipinski definition) is 3. The first-order chi connectivity index (χ1) is 9.99. The minimum Gasteiger partial charge on any atom is -0.326 e. The smallest absolute Gasteiger partial charge is 0.228 e. The molecule has 1 rings (SSSR count). The van der Waals surface area contributed by atoms with Gasteiger partial charge in [0, 0.05) is 30.3 Å². The highest BCUT2D eigenvalue weighted by molar-refractivity contribution is 5.96. The summed E-state index contributed by atoms with van der Waals surface area (Å²) >= 11 is 0. The summed E-state index contributed by atoms with van der Waals surface area (Å²) in [4.78, 5) is 23.6. The van der Waals surface area contributed by atoms with Crippen LogP contribution in [0.5, 0.6) is 0 Å². The molecule has 5 heteroatoms. The summed E-state index contributed by atoms with van der Waals surface area (Å²) < 4.78 is 0. The monoisotopic (exact) mass is 291 g/mol. The zero-order valence-corrected chi connectivity index (χ0v) is 13.2. The Kier molecular flexibility index (Phi) is 6.88. The number of amides is 2. The highest BCUT2D eigenvalue weighted by Gasteiger charge is 2.14. The fraction of sp³-hybridized carbons (Fsp3) is 0.500. The molecule has 2 amide bonds. The summed E-state index contributed by atoms with van der Waals surface area (Å²) in [6.45, 7) is 9.07. The molecule has 0 aliphatic carbocycles. The van der Waals surface area contributed by atoms with E-state index >= 15 is 0 Å². The maximum absolute atomic E-state index is 12.1. The average molecular weight is 291 g/mol. The summed E-state index contributed by atoms with van der Waals surface area (Å²) in [6, 6.07) is 5.50. The molecule has 1 atom stereocenters. The Labute approximate surface area is 126 Å². The van der Waals surface area contributed by atoms with Gasteiger partial charge in [-0.15, -0.1) is 0 Å². The second-order valence-corrected chi connectivity index (χ2v) is 5.08. The predicted octanol–water partition coefficient (Wildman–Crippen LogP) is 2.53. The van der Waals surface area contributed by atoms with Gasteiger partial charge in [-0.1, -0.05) is 26.8 Å². The van der Waals surface area contributed by atoms with Crippen molar-refractivity contribution in [2.24, 2.45) is 5.92 Å². The van der Waals surface area contributed by atoms with Crippen molar-refractivity contribution in [1.29, 1.82) is 0 Å². The Balaban J connectivity index is 2.77. The van der Waals surface area contributed by atoms with E-state index in [2.05, 4.69) is 16.0 Å². The fourth-order valence-corrected chi connectivity index (χ4v) is 1.85. The molecule has 0 saturated carbocycles. The summed E-state index contributed by atoms with van der Waals surface area (Å²) in [5.74, 6) is -0.182. The number of nitrogens with one attached hydrogen (secondary N) is 3. The molecule has 21 heavy (non-hydrogen) atoms. The van der Waals surface area contributed by atoms with E-state index in [1.807, 2.05) is 39.0 Å². The average Bonchev–Trinajstić information content (AvgIpc) is 2.48. The molecule has 116 valence electrons.